The third-order valence-electron chi connectivity index (χ3n) is 2.21. The van der Waals surface area contributed by atoms with Crippen molar-refractivity contribution in [2.24, 2.45) is 0 Å². The van der Waals surface area contributed by atoms with Crippen LogP contribution in [0.2, 0.25) is 0 Å². The highest BCUT2D eigenvalue weighted by molar-refractivity contribution is 14.1. The summed E-state index contributed by atoms with van der Waals surface area (Å²) in [4.78, 5) is 10.4. The maximum absolute atomic E-state index is 13.4. The van der Waals surface area contributed by atoms with E-state index in [2.05, 4.69) is 5.32 Å². The third kappa shape index (κ3) is 4.05. The molecule has 1 unspecified atom stereocenters. The van der Waals surface area contributed by atoms with Crippen molar-refractivity contribution in [1.82, 2.24) is 0 Å². The predicted octanol–water partition coefficient (Wildman–Crippen LogP) is 3.18. The van der Waals surface area contributed by atoms with Gasteiger partial charge in [0.1, 0.15) is 11.5 Å². The molecule has 0 aliphatic heterocycles. The van der Waals surface area contributed by atoms with E-state index in [-0.39, 0.29) is 21.0 Å². The standard InChI is InChI=1S/C11H14FIN2O3/c1-3-18-6-7(2)14-10-4-8(12)9(13)5-11(10)15(16)17/h4-5,7,14H,3,6H2,1-2H3. The van der Waals surface area contributed by atoms with Gasteiger partial charge in [0.25, 0.3) is 5.69 Å². The second kappa shape index (κ2) is 6.83. The fraction of sp³-hybridized carbons (Fsp3) is 0.455. The number of anilines is 1. The van der Waals surface area contributed by atoms with Crippen LogP contribution >= 0.6 is 22.6 Å². The number of nitro groups is 1. The van der Waals surface area contributed by atoms with E-state index in [9.17, 15) is 14.5 Å². The number of benzene rings is 1. The minimum absolute atomic E-state index is 0.135. The van der Waals surface area contributed by atoms with Crippen molar-refractivity contribution >= 4 is 34.0 Å². The topological polar surface area (TPSA) is 64.4 Å². The zero-order valence-electron chi connectivity index (χ0n) is 10.1. The Morgan fingerprint density at radius 2 is 2.28 bits per heavy atom. The Morgan fingerprint density at radius 1 is 1.61 bits per heavy atom. The molecular formula is C11H14FIN2O3. The largest absolute Gasteiger partial charge is 0.380 e. The molecule has 0 bridgehead atoms. The summed E-state index contributed by atoms with van der Waals surface area (Å²) in [5, 5.41) is 13.8. The number of nitrogens with zero attached hydrogens (tertiary/aromatic N) is 1. The molecule has 0 amide bonds. The molecule has 0 saturated carbocycles. The van der Waals surface area contributed by atoms with Crippen LogP contribution in [0.4, 0.5) is 15.8 Å². The van der Waals surface area contributed by atoms with Crippen LogP contribution < -0.4 is 5.32 Å². The highest BCUT2D eigenvalue weighted by Gasteiger charge is 2.18. The second-order valence-electron chi connectivity index (χ2n) is 3.75. The number of nitro benzene ring substituents is 1. The van der Waals surface area contributed by atoms with Gasteiger partial charge in [-0.05, 0) is 36.4 Å². The number of halogens is 2. The Balaban J connectivity index is 2.93. The van der Waals surface area contributed by atoms with Crippen molar-refractivity contribution in [3.8, 4) is 0 Å². The number of nitrogens with one attached hydrogen (secondary N) is 1. The van der Waals surface area contributed by atoms with Gasteiger partial charge in [-0.2, -0.15) is 0 Å². The van der Waals surface area contributed by atoms with Crippen LogP contribution in [0.5, 0.6) is 0 Å². The van der Waals surface area contributed by atoms with Gasteiger partial charge in [0.05, 0.1) is 15.1 Å². The van der Waals surface area contributed by atoms with E-state index in [1.54, 1.807) is 22.6 Å². The first-order chi connectivity index (χ1) is 8.45. The van der Waals surface area contributed by atoms with Crippen LogP contribution in [0.1, 0.15) is 13.8 Å². The van der Waals surface area contributed by atoms with Gasteiger partial charge >= 0.3 is 0 Å². The fourth-order valence-electron chi connectivity index (χ4n) is 1.40. The van der Waals surface area contributed by atoms with Gasteiger partial charge < -0.3 is 10.1 Å². The van der Waals surface area contributed by atoms with Crippen molar-refractivity contribution < 1.29 is 14.1 Å². The van der Waals surface area contributed by atoms with E-state index in [4.69, 9.17) is 4.74 Å². The lowest BCUT2D eigenvalue weighted by Crippen LogP contribution is -2.22. The zero-order valence-corrected chi connectivity index (χ0v) is 12.2. The van der Waals surface area contributed by atoms with Crippen LogP contribution in [0.3, 0.4) is 0 Å². The van der Waals surface area contributed by atoms with E-state index < -0.39 is 10.7 Å². The number of hydrogen-bond donors (Lipinski definition) is 1. The number of rotatable bonds is 6. The monoisotopic (exact) mass is 368 g/mol. The van der Waals surface area contributed by atoms with E-state index in [1.165, 1.54) is 6.07 Å². The van der Waals surface area contributed by atoms with E-state index in [0.717, 1.165) is 6.07 Å². The molecule has 7 heteroatoms. The van der Waals surface area contributed by atoms with Crippen molar-refractivity contribution in [2.75, 3.05) is 18.5 Å². The quantitative estimate of drug-likeness (QED) is 0.476. The Bertz CT molecular complexity index is 443. The Kier molecular flexibility index (Phi) is 5.73. The molecule has 0 spiro atoms. The molecule has 18 heavy (non-hydrogen) atoms. The summed E-state index contributed by atoms with van der Waals surface area (Å²) in [7, 11) is 0. The molecule has 1 N–H and O–H groups in total. The van der Waals surface area contributed by atoms with E-state index in [1.807, 2.05) is 13.8 Å². The second-order valence-corrected chi connectivity index (χ2v) is 4.91. The normalized spacial score (nSPS) is 12.2. The van der Waals surface area contributed by atoms with E-state index >= 15 is 0 Å². The average Bonchev–Trinajstić information content (AvgIpc) is 2.30. The summed E-state index contributed by atoms with van der Waals surface area (Å²) in [5.74, 6) is -0.479. The Labute approximate surface area is 118 Å². The van der Waals surface area contributed by atoms with Crippen molar-refractivity contribution in [2.45, 2.75) is 19.9 Å². The summed E-state index contributed by atoms with van der Waals surface area (Å²) in [5.41, 5.74) is 0.0364. The molecule has 0 aromatic heterocycles. The third-order valence-corrected chi connectivity index (χ3v) is 3.04. The predicted molar refractivity (Wildman–Crippen MR) is 75.3 cm³/mol. The smallest absolute Gasteiger partial charge is 0.293 e. The minimum Gasteiger partial charge on any atom is -0.380 e. The van der Waals surface area contributed by atoms with Gasteiger partial charge in [0.2, 0.25) is 0 Å². The van der Waals surface area contributed by atoms with Gasteiger partial charge in [-0.3, -0.25) is 10.1 Å². The highest BCUT2D eigenvalue weighted by atomic mass is 127. The molecule has 100 valence electrons. The highest BCUT2D eigenvalue weighted by Crippen LogP contribution is 2.29. The lowest BCUT2D eigenvalue weighted by atomic mass is 10.2. The molecule has 0 radical (unpaired) electrons. The first-order valence-electron chi connectivity index (χ1n) is 5.43. The molecule has 1 aromatic carbocycles. The maximum Gasteiger partial charge on any atom is 0.293 e. The Hall–Kier alpha value is -0.960. The summed E-state index contributed by atoms with van der Waals surface area (Å²) >= 11 is 1.72. The zero-order chi connectivity index (χ0) is 13.7. The first kappa shape index (κ1) is 15.1. The maximum atomic E-state index is 13.4. The summed E-state index contributed by atoms with van der Waals surface area (Å²) < 4.78 is 18.8. The Morgan fingerprint density at radius 3 is 2.83 bits per heavy atom. The molecule has 0 aliphatic rings. The van der Waals surface area contributed by atoms with Crippen LogP contribution in [-0.2, 0) is 4.74 Å². The van der Waals surface area contributed by atoms with Gasteiger partial charge in [-0.25, -0.2) is 4.39 Å². The summed E-state index contributed by atoms with van der Waals surface area (Å²) in [6, 6.07) is 2.22. The molecular weight excluding hydrogens is 354 g/mol. The fourth-order valence-corrected chi connectivity index (χ4v) is 1.86. The molecule has 1 aromatic rings. The first-order valence-corrected chi connectivity index (χ1v) is 6.51. The van der Waals surface area contributed by atoms with Gasteiger partial charge in [-0.1, -0.05) is 0 Å². The molecule has 5 nitrogen and oxygen atoms in total. The number of ether oxygens (including phenoxy) is 1. The SMILES string of the molecule is CCOCC(C)Nc1cc(F)c(I)cc1[N+](=O)[O-]. The van der Waals surface area contributed by atoms with Crippen LogP contribution in [0.25, 0.3) is 0 Å². The lowest BCUT2D eigenvalue weighted by Gasteiger charge is -2.15. The summed E-state index contributed by atoms with van der Waals surface area (Å²) in [6.07, 6.45) is 0. The minimum atomic E-state index is -0.530. The number of hydrogen-bond acceptors (Lipinski definition) is 4. The van der Waals surface area contributed by atoms with Gasteiger partial charge in [-0.15, -0.1) is 0 Å². The molecule has 1 rings (SSSR count). The molecule has 1 atom stereocenters. The molecule has 0 heterocycles. The molecule has 0 saturated heterocycles. The lowest BCUT2D eigenvalue weighted by molar-refractivity contribution is -0.384. The molecule has 0 aliphatic carbocycles. The van der Waals surface area contributed by atoms with Crippen molar-refractivity contribution in [3.05, 3.63) is 31.6 Å². The van der Waals surface area contributed by atoms with E-state index in [0.29, 0.717) is 13.2 Å². The van der Waals surface area contributed by atoms with Gasteiger partial charge in [0, 0.05) is 24.8 Å². The van der Waals surface area contributed by atoms with Crippen LogP contribution in [0.15, 0.2) is 12.1 Å². The van der Waals surface area contributed by atoms with Gasteiger partial charge in [0.15, 0.2) is 0 Å². The summed E-state index contributed by atoms with van der Waals surface area (Å²) in [6.45, 7) is 4.64. The van der Waals surface area contributed by atoms with Crippen LogP contribution in [0, 0.1) is 19.5 Å². The van der Waals surface area contributed by atoms with Crippen LogP contribution in [-0.4, -0.2) is 24.2 Å². The van der Waals surface area contributed by atoms with Crippen molar-refractivity contribution in [1.29, 1.82) is 0 Å². The molecule has 0 fully saturated rings. The average molecular weight is 368 g/mol. The van der Waals surface area contributed by atoms with Crippen molar-refractivity contribution in [3.63, 3.8) is 0 Å².